The van der Waals surface area contributed by atoms with Gasteiger partial charge >= 0.3 is 6.09 Å². The monoisotopic (exact) mass is 566 g/mol. The van der Waals surface area contributed by atoms with Gasteiger partial charge in [-0.15, -0.1) is 0 Å². The number of nitrogens with one attached hydrogen (secondary N) is 1. The van der Waals surface area contributed by atoms with Gasteiger partial charge in [-0.3, -0.25) is 0 Å². The first-order valence-corrected chi connectivity index (χ1v) is 13.4. The Morgan fingerprint density at radius 2 is 1.49 bits per heavy atom. The Hall–Kier alpha value is -4.25. The number of hydrogen-bond acceptors (Lipinski definition) is 10. The first kappa shape index (κ1) is 29.7. The first-order chi connectivity index (χ1) is 19.8. The summed E-state index contributed by atoms with van der Waals surface area (Å²) in [6.07, 6.45) is 3.00. The van der Waals surface area contributed by atoms with E-state index in [1.54, 1.807) is 40.8 Å². The molecule has 1 fully saturated rings. The van der Waals surface area contributed by atoms with Crippen molar-refractivity contribution in [2.75, 3.05) is 39.9 Å². The van der Waals surface area contributed by atoms with E-state index in [1.165, 1.54) is 0 Å². The molecule has 1 amide bonds. The van der Waals surface area contributed by atoms with Gasteiger partial charge in [0.2, 0.25) is 5.95 Å². The number of nitrogens with zero attached hydrogens (tertiary/aromatic N) is 3. The van der Waals surface area contributed by atoms with Gasteiger partial charge in [0, 0.05) is 66.8 Å². The molecule has 41 heavy (non-hydrogen) atoms. The van der Waals surface area contributed by atoms with Crippen molar-refractivity contribution in [2.24, 2.45) is 0 Å². The molecule has 0 unspecified atom stereocenters. The third-order valence-electron chi connectivity index (χ3n) is 6.66. The summed E-state index contributed by atoms with van der Waals surface area (Å²) in [5.41, 5.74) is 2.69. The van der Waals surface area contributed by atoms with Crippen LogP contribution < -0.4 is 29.2 Å². The maximum absolute atomic E-state index is 12.0. The molecule has 220 valence electrons. The number of benzene rings is 2. The zero-order valence-corrected chi connectivity index (χ0v) is 24.4. The van der Waals surface area contributed by atoms with Gasteiger partial charge in [-0.2, -0.15) is 0 Å². The minimum Gasteiger partial charge on any atom is -0.497 e. The van der Waals surface area contributed by atoms with Crippen LogP contribution in [0.5, 0.6) is 23.0 Å². The molecule has 1 saturated heterocycles. The minimum atomic E-state index is -0.445. The van der Waals surface area contributed by atoms with Crippen LogP contribution in [0.4, 0.5) is 10.7 Å². The maximum Gasteiger partial charge on any atom is 0.407 e. The molecular formula is C30H38N4O7. The fraction of sp³-hybridized carbons (Fsp3) is 0.433. The Labute approximate surface area is 240 Å². The second-order valence-corrected chi connectivity index (χ2v) is 9.91. The van der Waals surface area contributed by atoms with E-state index >= 15 is 0 Å². The Balaban J connectivity index is 1.56. The number of aromatic nitrogens is 2. The van der Waals surface area contributed by atoms with Crippen molar-refractivity contribution < 1.29 is 33.2 Å². The number of hydrogen-bond donors (Lipinski definition) is 1. The second-order valence-electron chi connectivity index (χ2n) is 9.91. The molecule has 0 spiro atoms. The number of anilines is 1. The molecule has 11 heteroatoms. The number of amides is 1. The Morgan fingerprint density at radius 1 is 0.927 bits per heavy atom. The molecule has 2 aromatic carbocycles. The Kier molecular flexibility index (Phi) is 10.1. The SMILES string of the molecule is COc1ccc(CN(Cc2ccc(OC)cc2OC)c2ncc([C@@H]3C[C@H](OC(=O)NC(C)C)CO3)cn2)c(OC)c1. The molecule has 0 bridgehead atoms. The van der Waals surface area contributed by atoms with Crippen LogP contribution >= 0.6 is 0 Å². The van der Waals surface area contributed by atoms with Crippen LogP contribution in [0.2, 0.25) is 0 Å². The smallest absolute Gasteiger partial charge is 0.407 e. The summed E-state index contributed by atoms with van der Waals surface area (Å²) in [4.78, 5) is 23.4. The minimum absolute atomic E-state index is 0.000254. The van der Waals surface area contributed by atoms with Crippen molar-refractivity contribution in [3.63, 3.8) is 0 Å². The quantitative estimate of drug-likeness (QED) is 0.331. The highest BCUT2D eigenvalue weighted by Gasteiger charge is 2.30. The number of carbonyl (C=O) groups is 1. The van der Waals surface area contributed by atoms with E-state index in [4.69, 9.17) is 38.4 Å². The van der Waals surface area contributed by atoms with Crippen molar-refractivity contribution in [1.82, 2.24) is 15.3 Å². The highest BCUT2D eigenvalue weighted by Crippen LogP contribution is 2.32. The Morgan fingerprint density at radius 3 is 1.98 bits per heavy atom. The molecule has 0 saturated carbocycles. The molecule has 1 aromatic heterocycles. The number of methoxy groups -OCH3 is 4. The summed E-state index contributed by atoms with van der Waals surface area (Å²) in [6.45, 7) is 5.00. The molecule has 0 radical (unpaired) electrons. The van der Waals surface area contributed by atoms with Crippen molar-refractivity contribution in [3.8, 4) is 23.0 Å². The van der Waals surface area contributed by atoms with Crippen LogP contribution in [0.15, 0.2) is 48.8 Å². The fourth-order valence-corrected chi connectivity index (χ4v) is 4.57. The van der Waals surface area contributed by atoms with Gasteiger partial charge < -0.3 is 38.6 Å². The molecule has 2 atom stereocenters. The van der Waals surface area contributed by atoms with E-state index < -0.39 is 6.09 Å². The zero-order chi connectivity index (χ0) is 29.4. The lowest BCUT2D eigenvalue weighted by molar-refractivity contribution is 0.0690. The van der Waals surface area contributed by atoms with E-state index in [-0.39, 0.29) is 18.2 Å². The standard InChI is InChI=1S/C30H38N4O7/c1-19(2)33-30(35)41-25-13-28(40-18-25)22-14-31-29(32-15-22)34(16-20-7-9-23(36-3)11-26(20)38-5)17-21-8-10-24(37-4)12-27(21)39-6/h7-12,14-15,19,25,28H,13,16-18H2,1-6H3,(H,33,35)/t25-,28-/m0/s1. The van der Waals surface area contributed by atoms with Gasteiger partial charge in [0.05, 0.1) is 41.2 Å². The van der Waals surface area contributed by atoms with E-state index in [2.05, 4.69) is 5.32 Å². The van der Waals surface area contributed by atoms with Gasteiger partial charge in [-0.25, -0.2) is 14.8 Å². The van der Waals surface area contributed by atoms with Crippen molar-refractivity contribution in [1.29, 1.82) is 0 Å². The van der Waals surface area contributed by atoms with Crippen LogP contribution in [0.3, 0.4) is 0 Å². The molecule has 0 aliphatic carbocycles. The first-order valence-electron chi connectivity index (χ1n) is 13.4. The largest absolute Gasteiger partial charge is 0.497 e. The third kappa shape index (κ3) is 7.69. The molecule has 1 aliphatic heterocycles. The fourth-order valence-electron chi connectivity index (χ4n) is 4.57. The van der Waals surface area contributed by atoms with Gasteiger partial charge in [0.1, 0.15) is 29.1 Å². The average molecular weight is 567 g/mol. The number of carbonyl (C=O) groups excluding carboxylic acids is 1. The predicted molar refractivity (Wildman–Crippen MR) is 153 cm³/mol. The third-order valence-corrected chi connectivity index (χ3v) is 6.66. The summed E-state index contributed by atoms with van der Waals surface area (Å²) in [5.74, 6) is 3.32. The van der Waals surface area contributed by atoms with E-state index in [9.17, 15) is 4.79 Å². The number of rotatable bonds is 12. The summed E-state index contributed by atoms with van der Waals surface area (Å²) in [7, 11) is 6.50. The van der Waals surface area contributed by atoms with Gasteiger partial charge in [-0.1, -0.05) is 0 Å². The van der Waals surface area contributed by atoms with E-state index in [1.807, 2.05) is 55.1 Å². The molecule has 1 N–H and O–H groups in total. The molecular weight excluding hydrogens is 528 g/mol. The molecule has 3 aromatic rings. The van der Waals surface area contributed by atoms with Crippen LogP contribution in [0, 0.1) is 0 Å². The highest BCUT2D eigenvalue weighted by atomic mass is 16.6. The normalized spacial score (nSPS) is 16.3. The predicted octanol–water partition coefficient (Wildman–Crippen LogP) is 4.68. The zero-order valence-electron chi connectivity index (χ0n) is 24.4. The van der Waals surface area contributed by atoms with Crippen molar-refractivity contribution >= 4 is 12.0 Å². The molecule has 2 heterocycles. The van der Waals surface area contributed by atoms with Gasteiger partial charge in [-0.05, 0) is 38.1 Å². The van der Waals surface area contributed by atoms with Crippen LogP contribution in [0.25, 0.3) is 0 Å². The lowest BCUT2D eigenvalue weighted by Crippen LogP contribution is -2.33. The average Bonchev–Trinajstić information content (AvgIpc) is 3.44. The highest BCUT2D eigenvalue weighted by molar-refractivity contribution is 5.67. The molecule has 11 nitrogen and oxygen atoms in total. The summed E-state index contributed by atoms with van der Waals surface area (Å²) in [5, 5.41) is 2.73. The Bertz CT molecular complexity index is 1240. The summed E-state index contributed by atoms with van der Waals surface area (Å²) >= 11 is 0. The maximum atomic E-state index is 12.0. The van der Waals surface area contributed by atoms with E-state index in [0.717, 1.165) is 16.7 Å². The van der Waals surface area contributed by atoms with Gasteiger partial charge in [0.25, 0.3) is 0 Å². The van der Waals surface area contributed by atoms with Crippen LogP contribution in [0.1, 0.15) is 43.1 Å². The van der Waals surface area contributed by atoms with Crippen LogP contribution in [-0.2, 0) is 22.6 Å². The topological polar surface area (TPSA) is 114 Å². The van der Waals surface area contributed by atoms with Crippen molar-refractivity contribution in [2.45, 2.75) is 51.6 Å². The summed E-state index contributed by atoms with van der Waals surface area (Å²) in [6, 6.07) is 11.4. The van der Waals surface area contributed by atoms with Crippen LogP contribution in [-0.4, -0.2) is 63.3 Å². The lowest BCUT2D eigenvalue weighted by atomic mass is 10.1. The van der Waals surface area contributed by atoms with Gasteiger partial charge in [0.15, 0.2) is 0 Å². The second kappa shape index (κ2) is 13.9. The number of ether oxygens (including phenoxy) is 6. The summed E-state index contributed by atoms with van der Waals surface area (Å²) < 4.78 is 33.4. The van der Waals surface area contributed by atoms with E-state index in [0.29, 0.717) is 55.1 Å². The number of alkyl carbamates (subject to hydrolysis) is 1. The van der Waals surface area contributed by atoms with Crippen molar-refractivity contribution in [3.05, 3.63) is 65.5 Å². The molecule has 1 aliphatic rings. The molecule has 4 rings (SSSR count). The lowest BCUT2D eigenvalue weighted by Gasteiger charge is -2.25.